The molecule has 0 spiro atoms. The lowest BCUT2D eigenvalue weighted by Crippen LogP contribution is -1.98. The molecule has 0 saturated heterocycles. The van der Waals surface area contributed by atoms with Crippen molar-refractivity contribution in [1.29, 1.82) is 0 Å². The first-order valence-corrected chi connectivity index (χ1v) is 7.18. The van der Waals surface area contributed by atoms with Gasteiger partial charge in [0.1, 0.15) is 0 Å². The summed E-state index contributed by atoms with van der Waals surface area (Å²) in [7, 11) is 1.42. The molecule has 2 heteroatoms. The van der Waals surface area contributed by atoms with Gasteiger partial charge in [0, 0.05) is 6.42 Å². The molecular formula is C19H20O2. The Balaban J connectivity index is 1.84. The third-order valence-electron chi connectivity index (χ3n) is 3.29. The van der Waals surface area contributed by atoms with E-state index in [2.05, 4.69) is 59.4 Å². The molecule has 0 N–H and O–H groups in total. The van der Waals surface area contributed by atoms with Gasteiger partial charge < -0.3 is 4.74 Å². The van der Waals surface area contributed by atoms with E-state index in [4.69, 9.17) is 0 Å². The summed E-state index contributed by atoms with van der Waals surface area (Å²) < 4.78 is 4.59. The van der Waals surface area contributed by atoms with Crippen LogP contribution in [0.15, 0.2) is 60.7 Å². The van der Waals surface area contributed by atoms with E-state index in [0.29, 0.717) is 6.42 Å². The molecule has 0 saturated carbocycles. The van der Waals surface area contributed by atoms with Crippen molar-refractivity contribution < 1.29 is 9.53 Å². The third kappa shape index (κ3) is 4.92. The fraction of sp³-hybridized carbons (Fsp3) is 0.211. The number of hydrogen-bond acceptors (Lipinski definition) is 2. The second-order valence-corrected chi connectivity index (χ2v) is 4.86. The van der Waals surface area contributed by atoms with Gasteiger partial charge in [-0.3, -0.25) is 4.79 Å². The fourth-order valence-corrected chi connectivity index (χ4v) is 2.12. The fourth-order valence-electron chi connectivity index (χ4n) is 2.12. The SMILES string of the molecule is COC(=O)CCC/C=C/C=C/c1ccc2ccccc2c1. The summed E-state index contributed by atoms with van der Waals surface area (Å²) >= 11 is 0. The van der Waals surface area contributed by atoms with Gasteiger partial charge in [-0.25, -0.2) is 0 Å². The number of rotatable bonds is 6. The van der Waals surface area contributed by atoms with Gasteiger partial charge in [0.15, 0.2) is 0 Å². The molecule has 0 atom stereocenters. The van der Waals surface area contributed by atoms with Gasteiger partial charge in [-0.05, 0) is 35.2 Å². The molecule has 0 fully saturated rings. The van der Waals surface area contributed by atoms with Gasteiger partial charge in [-0.15, -0.1) is 0 Å². The third-order valence-corrected chi connectivity index (χ3v) is 3.29. The van der Waals surface area contributed by atoms with E-state index in [9.17, 15) is 4.79 Å². The first-order valence-electron chi connectivity index (χ1n) is 7.18. The summed E-state index contributed by atoms with van der Waals surface area (Å²) in [4.78, 5) is 10.9. The molecule has 0 radical (unpaired) electrons. The van der Waals surface area contributed by atoms with Crippen molar-refractivity contribution in [2.24, 2.45) is 0 Å². The largest absolute Gasteiger partial charge is 0.469 e. The normalized spacial score (nSPS) is 11.5. The minimum absolute atomic E-state index is 0.143. The Hall–Kier alpha value is -2.35. The molecular weight excluding hydrogens is 260 g/mol. The number of hydrogen-bond donors (Lipinski definition) is 0. The quantitative estimate of drug-likeness (QED) is 0.433. The topological polar surface area (TPSA) is 26.3 Å². The lowest BCUT2D eigenvalue weighted by atomic mass is 10.1. The van der Waals surface area contributed by atoms with Gasteiger partial charge in [-0.2, -0.15) is 0 Å². The van der Waals surface area contributed by atoms with Crippen LogP contribution >= 0.6 is 0 Å². The molecule has 0 bridgehead atoms. The van der Waals surface area contributed by atoms with E-state index in [1.54, 1.807) is 0 Å². The maximum atomic E-state index is 10.9. The van der Waals surface area contributed by atoms with Crippen LogP contribution in [-0.4, -0.2) is 13.1 Å². The zero-order valence-electron chi connectivity index (χ0n) is 12.3. The molecule has 21 heavy (non-hydrogen) atoms. The molecule has 0 aliphatic carbocycles. The number of ether oxygens (including phenoxy) is 1. The zero-order chi connectivity index (χ0) is 14.9. The number of carbonyl (C=O) groups excluding carboxylic acids is 1. The Kier molecular flexibility index (Phi) is 5.77. The van der Waals surface area contributed by atoms with Crippen molar-refractivity contribution in [3.05, 3.63) is 66.3 Å². The summed E-state index contributed by atoms with van der Waals surface area (Å²) in [5.41, 5.74) is 1.19. The van der Waals surface area contributed by atoms with Crippen LogP contribution < -0.4 is 0 Å². The molecule has 108 valence electrons. The van der Waals surface area contributed by atoms with Crippen LogP contribution in [0.2, 0.25) is 0 Å². The minimum atomic E-state index is -0.143. The number of esters is 1. The summed E-state index contributed by atoms with van der Waals surface area (Å²) in [6, 6.07) is 14.8. The number of unbranched alkanes of at least 4 members (excludes halogenated alkanes) is 1. The lowest BCUT2D eigenvalue weighted by molar-refractivity contribution is -0.140. The average Bonchev–Trinajstić information content (AvgIpc) is 2.53. The molecule has 2 aromatic carbocycles. The summed E-state index contributed by atoms with van der Waals surface area (Å²) in [6.45, 7) is 0. The standard InChI is InChI=1S/C19H20O2/c1-21-19(20)12-6-4-2-3-5-9-16-13-14-17-10-7-8-11-18(17)15-16/h2-3,5,7-11,13-15H,4,6,12H2,1H3/b3-2+,9-5+. The summed E-state index contributed by atoms with van der Waals surface area (Å²) in [6.07, 6.45) is 10.4. The van der Waals surface area contributed by atoms with E-state index < -0.39 is 0 Å². The monoisotopic (exact) mass is 280 g/mol. The maximum Gasteiger partial charge on any atom is 0.305 e. The number of fused-ring (bicyclic) bond motifs is 1. The predicted octanol–water partition coefficient (Wildman–Crippen LogP) is 4.75. The number of allylic oxidation sites excluding steroid dienone is 3. The Morgan fingerprint density at radius 3 is 2.71 bits per heavy atom. The van der Waals surface area contributed by atoms with Crippen LogP contribution in [0.25, 0.3) is 16.8 Å². The van der Waals surface area contributed by atoms with Gasteiger partial charge in [0.05, 0.1) is 7.11 Å². The van der Waals surface area contributed by atoms with Crippen molar-refractivity contribution >= 4 is 22.8 Å². The van der Waals surface area contributed by atoms with Crippen LogP contribution in [0.3, 0.4) is 0 Å². The van der Waals surface area contributed by atoms with E-state index in [1.807, 2.05) is 12.2 Å². The highest BCUT2D eigenvalue weighted by molar-refractivity contribution is 5.84. The minimum Gasteiger partial charge on any atom is -0.469 e. The van der Waals surface area contributed by atoms with E-state index >= 15 is 0 Å². The van der Waals surface area contributed by atoms with E-state index in [1.165, 1.54) is 23.4 Å². The lowest BCUT2D eigenvalue weighted by Gasteiger charge is -1.98. The molecule has 0 heterocycles. The number of benzene rings is 2. The average molecular weight is 280 g/mol. The van der Waals surface area contributed by atoms with Crippen LogP contribution in [0.4, 0.5) is 0 Å². The van der Waals surface area contributed by atoms with Gasteiger partial charge in [0.2, 0.25) is 0 Å². The molecule has 2 aromatic rings. The van der Waals surface area contributed by atoms with E-state index in [0.717, 1.165) is 12.8 Å². The highest BCUT2D eigenvalue weighted by Gasteiger charge is 1.96. The second-order valence-electron chi connectivity index (χ2n) is 4.86. The maximum absolute atomic E-state index is 10.9. The van der Waals surface area contributed by atoms with Crippen molar-refractivity contribution in [3.8, 4) is 0 Å². The van der Waals surface area contributed by atoms with Crippen LogP contribution in [0.1, 0.15) is 24.8 Å². The predicted molar refractivity (Wildman–Crippen MR) is 88.0 cm³/mol. The first-order chi connectivity index (χ1) is 10.3. The molecule has 0 aliphatic heterocycles. The van der Waals surface area contributed by atoms with Crippen LogP contribution in [-0.2, 0) is 9.53 Å². The van der Waals surface area contributed by atoms with E-state index in [-0.39, 0.29) is 5.97 Å². The van der Waals surface area contributed by atoms with Crippen molar-refractivity contribution in [3.63, 3.8) is 0 Å². The highest BCUT2D eigenvalue weighted by atomic mass is 16.5. The van der Waals surface area contributed by atoms with Gasteiger partial charge in [-0.1, -0.05) is 60.7 Å². The van der Waals surface area contributed by atoms with Crippen molar-refractivity contribution in [2.75, 3.05) is 7.11 Å². The molecule has 0 unspecified atom stereocenters. The molecule has 2 nitrogen and oxygen atoms in total. The molecule has 0 aliphatic rings. The highest BCUT2D eigenvalue weighted by Crippen LogP contribution is 2.16. The Labute approximate surface area is 125 Å². The number of methoxy groups -OCH3 is 1. The van der Waals surface area contributed by atoms with Crippen LogP contribution in [0.5, 0.6) is 0 Å². The molecule has 2 rings (SSSR count). The Morgan fingerprint density at radius 2 is 1.90 bits per heavy atom. The number of carbonyl (C=O) groups is 1. The molecule has 0 amide bonds. The smallest absolute Gasteiger partial charge is 0.305 e. The van der Waals surface area contributed by atoms with Crippen LogP contribution in [0, 0.1) is 0 Å². The molecule has 0 aromatic heterocycles. The van der Waals surface area contributed by atoms with Gasteiger partial charge >= 0.3 is 5.97 Å². The van der Waals surface area contributed by atoms with Crippen molar-refractivity contribution in [1.82, 2.24) is 0 Å². The van der Waals surface area contributed by atoms with Gasteiger partial charge in [0.25, 0.3) is 0 Å². The Morgan fingerprint density at radius 1 is 1.10 bits per heavy atom. The summed E-state index contributed by atoms with van der Waals surface area (Å²) in [5.74, 6) is -0.143. The zero-order valence-corrected chi connectivity index (χ0v) is 12.3. The Bertz CT molecular complexity index is 653. The van der Waals surface area contributed by atoms with Crippen molar-refractivity contribution in [2.45, 2.75) is 19.3 Å². The second kappa shape index (κ2) is 8.05. The first kappa shape index (κ1) is 15.0. The summed E-state index contributed by atoms with van der Waals surface area (Å²) in [5, 5.41) is 2.51.